The third-order valence-corrected chi connectivity index (χ3v) is 7.20. The Morgan fingerprint density at radius 1 is 1.39 bits per heavy atom. The lowest BCUT2D eigenvalue weighted by molar-refractivity contribution is -0.137. The van der Waals surface area contributed by atoms with Crippen molar-refractivity contribution < 1.29 is 9.59 Å². The van der Waals surface area contributed by atoms with Gasteiger partial charge in [-0.15, -0.1) is 11.3 Å². The normalized spacial score (nSPS) is 24.4. The summed E-state index contributed by atoms with van der Waals surface area (Å²) in [5, 5.41) is 9.54. The number of piperidine rings is 1. The van der Waals surface area contributed by atoms with Gasteiger partial charge in [-0.3, -0.25) is 19.2 Å². The first-order valence-electron chi connectivity index (χ1n) is 10.1. The molecule has 6 nitrogen and oxygen atoms in total. The quantitative estimate of drug-likeness (QED) is 0.726. The number of carbonyl (C=O) groups is 2. The zero-order chi connectivity index (χ0) is 19.7. The lowest BCUT2D eigenvalue weighted by Crippen LogP contribution is -2.55. The van der Waals surface area contributed by atoms with E-state index >= 15 is 0 Å². The first-order valence-corrected chi connectivity index (χ1v) is 11.0. The van der Waals surface area contributed by atoms with Crippen molar-refractivity contribution in [2.45, 2.75) is 39.8 Å². The predicted molar refractivity (Wildman–Crippen MR) is 109 cm³/mol. The molecule has 3 atom stereocenters. The van der Waals surface area contributed by atoms with Gasteiger partial charge in [-0.1, -0.05) is 0 Å². The van der Waals surface area contributed by atoms with Gasteiger partial charge in [0.2, 0.25) is 5.91 Å². The summed E-state index contributed by atoms with van der Waals surface area (Å²) in [6.45, 7) is 7.86. The molecule has 2 aromatic heterocycles. The minimum absolute atomic E-state index is 0.135. The van der Waals surface area contributed by atoms with Gasteiger partial charge in [0.05, 0.1) is 17.1 Å². The highest BCUT2D eigenvalue weighted by Gasteiger charge is 2.47. The molecule has 28 heavy (non-hydrogen) atoms. The van der Waals surface area contributed by atoms with Crippen LogP contribution in [0.5, 0.6) is 0 Å². The molecule has 7 heteroatoms. The molecule has 4 rings (SSSR count). The average molecular weight is 401 g/mol. The number of fused-ring (bicyclic) bond motifs is 1. The van der Waals surface area contributed by atoms with Crippen molar-refractivity contribution in [3.63, 3.8) is 0 Å². The minimum atomic E-state index is 0.135. The number of carbonyl (C=O) groups excluding carboxylic acids is 2. The minimum Gasteiger partial charge on any atom is -0.354 e. The third-order valence-electron chi connectivity index (χ3n) is 6.12. The van der Waals surface area contributed by atoms with Crippen LogP contribution in [0.3, 0.4) is 0 Å². The molecule has 1 N–H and O–H groups in total. The molecule has 0 bridgehead atoms. The molecule has 1 amide bonds. The van der Waals surface area contributed by atoms with Crippen LogP contribution in [-0.2, 0) is 17.9 Å². The molecule has 150 valence electrons. The van der Waals surface area contributed by atoms with E-state index in [1.165, 1.54) is 23.3 Å². The van der Waals surface area contributed by atoms with Gasteiger partial charge in [0, 0.05) is 31.7 Å². The number of likely N-dealkylation sites (tertiary alicyclic amines) is 1. The highest BCUT2D eigenvalue weighted by molar-refractivity contribution is 7.12. The number of ketones is 1. The van der Waals surface area contributed by atoms with E-state index in [-0.39, 0.29) is 17.6 Å². The molecule has 2 aliphatic rings. The van der Waals surface area contributed by atoms with Gasteiger partial charge in [0.15, 0.2) is 5.78 Å². The molecule has 2 fully saturated rings. The fourth-order valence-corrected chi connectivity index (χ4v) is 5.32. The first kappa shape index (κ1) is 19.3. The Labute approximate surface area is 169 Å². The maximum absolute atomic E-state index is 12.6. The highest BCUT2D eigenvalue weighted by atomic mass is 32.1. The summed E-state index contributed by atoms with van der Waals surface area (Å²) in [6.07, 6.45) is 4.14. The van der Waals surface area contributed by atoms with Crippen LogP contribution in [0.4, 0.5) is 0 Å². The summed E-state index contributed by atoms with van der Waals surface area (Å²) < 4.78 is 1.87. The number of rotatable bonds is 7. The zero-order valence-electron chi connectivity index (χ0n) is 16.6. The van der Waals surface area contributed by atoms with Crippen molar-refractivity contribution in [3.8, 4) is 0 Å². The molecule has 1 saturated heterocycles. The van der Waals surface area contributed by atoms with E-state index in [4.69, 9.17) is 0 Å². The Morgan fingerprint density at radius 2 is 2.25 bits per heavy atom. The van der Waals surface area contributed by atoms with Gasteiger partial charge in [0.25, 0.3) is 0 Å². The Morgan fingerprint density at radius 3 is 2.96 bits per heavy atom. The SMILES string of the molecule is CC(=O)c1cc(CN2CC[C@@H]3C[C@@H](C(=O)NCCn4ccc(C)n4)[C@@H]3C2)cs1. The molecule has 2 aromatic rings. The lowest BCUT2D eigenvalue weighted by Gasteiger charge is -2.50. The van der Waals surface area contributed by atoms with Gasteiger partial charge in [-0.05, 0) is 68.1 Å². The molecule has 0 spiro atoms. The second-order valence-corrected chi connectivity index (χ2v) is 9.09. The molecule has 1 saturated carbocycles. The van der Waals surface area contributed by atoms with Crippen molar-refractivity contribution in [1.29, 1.82) is 0 Å². The van der Waals surface area contributed by atoms with E-state index in [0.29, 0.717) is 24.9 Å². The Kier molecular flexibility index (Phi) is 5.64. The van der Waals surface area contributed by atoms with Gasteiger partial charge >= 0.3 is 0 Å². The number of nitrogens with zero attached hydrogens (tertiary/aromatic N) is 3. The number of amides is 1. The average Bonchev–Trinajstić information content (AvgIpc) is 3.26. The van der Waals surface area contributed by atoms with Crippen LogP contribution in [0, 0.1) is 24.7 Å². The highest BCUT2D eigenvalue weighted by Crippen LogP contribution is 2.45. The number of Topliss-reactive ketones (excluding diaryl/α,β-unsaturated/α-hetero) is 1. The topological polar surface area (TPSA) is 67.2 Å². The van der Waals surface area contributed by atoms with Crippen molar-refractivity contribution >= 4 is 23.0 Å². The molecular weight excluding hydrogens is 372 g/mol. The maximum Gasteiger partial charge on any atom is 0.223 e. The fraction of sp³-hybridized carbons (Fsp3) is 0.571. The molecular formula is C21H28N4O2S. The van der Waals surface area contributed by atoms with Crippen LogP contribution in [0.1, 0.15) is 40.7 Å². The van der Waals surface area contributed by atoms with E-state index < -0.39 is 0 Å². The van der Waals surface area contributed by atoms with E-state index in [2.05, 4.69) is 20.7 Å². The summed E-state index contributed by atoms with van der Waals surface area (Å²) in [4.78, 5) is 27.4. The maximum atomic E-state index is 12.6. The largest absolute Gasteiger partial charge is 0.354 e. The van der Waals surface area contributed by atoms with E-state index in [1.54, 1.807) is 6.92 Å². The Hall–Kier alpha value is -1.99. The van der Waals surface area contributed by atoms with E-state index in [9.17, 15) is 9.59 Å². The van der Waals surface area contributed by atoms with Crippen LogP contribution in [0.25, 0.3) is 0 Å². The van der Waals surface area contributed by atoms with Crippen molar-refractivity contribution in [1.82, 2.24) is 20.0 Å². The lowest BCUT2D eigenvalue weighted by atomic mass is 9.61. The molecule has 1 aliphatic carbocycles. The molecule has 1 aliphatic heterocycles. The zero-order valence-corrected chi connectivity index (χ0v) is 17.4. The monoisotopic (exact) mass is 400 g/mol. The summed E-state index contributed by atoms with van der Waals surface area (Å²) in [5.74, 6) is 1.63. The van der Waals surface area contributed by atoms with Crippen LogP contribution < -0.4 is 5.32 Å². The van der Waals surface area contributed by atoms with Gasteiger partial charge in [-0.25, -0.2) is 0 Å². The van der Waals surface area contributed by atoms with Crippen LogP contribution in [0.2, 0.25) is 0 Å². The summed E-state index contributed by atoms with van der Waals surface area (Å²) >= 11 is 1.53. The van der Waals surface area contributed by atoms with Gasteiger partial charge < -0.3 is 5.32 Å². The second-order valence-electron chi connectivity index (χ2n) is 8.18. The predicted octanol–water partition coefficient (Wildman–Crippen LogP) is 2.73. The number of nitrogens with one attached hydrogen (secondary N) is 1. The van der Waals surface area contributed by atoms with Crippen molar-refractivity contribution in [2.75, 3.05) is 19.6 Å². The number of hydrogen-bond donors (Lipinski definition) is 1. The van der Waals surface area contributed by atoms with Crippen molar-refractivity contribution in [2.24, 2.45) is 17.8 Å². The van der Waals surface area contributed by atoms with Crippen LogP contribution in [-0.4, -0.2) is 46.0 Å². The number of aromatic nitrogens is 2. The molecule has 0 aromatic carbocycles. The van der Waals surface area contributed by atoms with Crippen LogP contribution in [0.15, 0.2) is 23.7 Å². The van der Waals surface area contributed by atoms with Gasteiger partial charge in [-0.2, -0.15) is 5.10 Å². The van der Waals surface area contributed by atoms with E-state index in [0.717, 1.165) is 36.6 Å². The third kappa shape index (κ3) is 4.20. The second kappa shape index (κ2) is 8.17. The first-order chi connectivity index (χ1) is 13.5. The van der Waals surface area contributed by atoms with Gasteiger partial charge in [0.1, 0.15) is 0 Å². The molecule has 0 unspecified atom stereocenters. The molecule has 0 radical (unpaired) electrons. The summed E-state index contributed by atoms with van der Waals surface area (Å²) in [6, 6.07) is 3.99. The smallest absolute Gasteiger partial charge is 0.223 e. The number of hydrogen-bond acceptors (Lipinski definition) is 5. The Balaban J connectivity index is 1.26. The number of thiophene rings is 1. The standard InChI is InChI=1S/C21H28N4O2S/c1-14-3-7-25(23-14)8-5-22-21(27)18-10-17-4-6-24(12-19(17)18)11-16-9-20(15(2)26)28-13-16/h3,7,9,13,17-19H,4-6,8,10-12H2,1-2H3,(H,22,27)/t17-,18-,19-/m1/s1. The van der Waals surface area contributed by atoms with Crippen molar-refractivity contribution in [3.05, 3.63) is 39.8 Å². The Bertz CT molecular complexity index is 858. The summed E-state index contributed by atoms with van der Waals surface area (Å²) in [5.41, 5.74) is 2.21. The fourth-order valence-electron chi connectivity index (χ4n) is 4.51. The summed E-state index contributed by atoms with van der Waals surface area (Å²) in [7, 11) is 0. The van der Waals surface area contributed by atoms with Crippen LogP contribution >= 0.6 is 11.3 Å². The molecule has 3 heterocycles. The van der Waals surface area contributed by atoms with E-state index in [1.807, 2.05) is 29.9 Å². The number of aryl methyl sites for hydroxylation is 1.